The van der Waals surface area contributed by atoms with Crippen LogP contribution in [-0.4, -0.2) is 30.6 Å². The van der Waals surface area contributed by atoms with Crippen LogP contribution in [0.5, 0.6) is 0 Å². The van der Waals surface area contributed by atoms with Crippen LogP contribution in [0.1, 0.15) is 46.0 Å². The topological polar surface area (TPSA) is 29.3 Å². The van der Waals surface area contributed by atoms with Gasteiger partial charge in [-0.3, -0.25) is 4.90 Å². The van der Waals surface area contributed by atoms with E-state index < -0.39 is 0 Å². The second-order valence-corrected chi connectivity index (χ2v) is 6.09. The van der Waals surface area contributed by atoms with E-state index in [4.69, 9.17) is 5.73 Å². The first-order valence-electron chi connectivity index (χ1n) is 7.16. The monoisotopic (exact) mass is 224 g/mol. The van der Waals surface area contributed by atoms with Gasteiger partial charge in [0.15, 0.2) is 0 Å². The molecule has 1 aliphatic carbocycles. The van der Waals surface area contributed by atoms with Gasteiger partial charge in [0.05, 0.1) is 0 Å². The molecule has 0 aromatic carbocycles. The highest BCUT2D eigenvalue weighted by molar-refractivity contribution is 4.87. The van der Waals surface area contributed by atoms with E-state index in [2.05, 4.69) is 18.7 Å². The van der Waals surface area contributed by atoms with Crippen LogP contribution in [0.2, 0.25) is 0 Å². The van der Waals surface area contributed by atoms with E-state index in [1.54, 1.807) is 0 Å². The maximum absolute atomic E-state index is 6.02. The third-order valence-corrected chi connectivity index (χ3v) is 5.02. The van der Waals surface area contributed by atoms with Gasteiger partial charge in [-0.15, -0.1) is 0 Å². The Labute approximate surface area is 101 Å². The van der Waals surface area contributed by atoms with Gasteiger partial charge in [0, 0.05) is 19.1 Å². The maximum atomic E-state index is 6.02. The summed E-state index contributed by atoms with van der Waals surface area (Å²) in [5.41, 5.74) is 6.02. The Balaban J connectivity index is 1.93. The molecule has 2 fully saturated rings. The fourth-order valence-corrected chi connectivity index (χ4v) is 3.58. The third-order valence-electron chi connectivity index (χ3n) is 5.02. The molecule has 16 heavy (non-hydrogen) atoms. The van der Waals surface area contributed by atoms with Crippen molar-refractivity contribution in [2.24, 2.45) is 23.5 Å². The minimum atomic E-state index is 0.678. The average molecular weight is 224 g/mol. The molecule has 1 aliphatic heterocycles. The van der Waals surface area contributed by atoms with E-state index in [0.717, 1.165) is 24.3 Å². The van der Waals surface area contributed by atoms with Crippen LogP contribution in [0.3, 0.4) is 0 Å². The number of hydrogen-bond acceptors (Lipinski definition) is 2. The molecule has 1 saturated carbocycles. The zero-order chi connectivity index (χ0) is 11.5. The minimum absolute atomic E-state index is 0.678. The molecule has 3 unspecified atom stereocenters. The first-order valence-corrected chi connectivity index (χ1v) is 7.16. The van der Waals surface area contributed by atoms with Crippen LogP contribution in [0, 0.1) is 17.8 Å². The number of hydrogen-bond donors (Lipinski definition) is 1. The molecule has 2 heteroatoms. The van der Waals surface area contributed by atoms with Gasteiger partial charge in [0.25, 0.3) is 0 Å². The molecule has 0 radical (unpaired) electrons. The van der Waals surface area contributed by atoms with Crippen LogP contribution >= 0.6 is 0 Å². The quantitative estimate of drug-likeness (QED) is 0.798. The van der Waals surface area contributed by atoms with E-state index in [0.29, 0.717) is 6.04 Å². The van der Waals surface area contributed by atoms with Crippen molar-refractivity contribution in [3.05, 3.63) is 0 Å². The SMILES string of the molecule is CC1CCN(C(CN)C2CCCC2)CC1C. The summed E-state index contributed by atoms with van der Waals surface area (Å²) in [4.78, 5) is 2.70. The Kier molecular flexibility index (Phi) is 4.26. The molecule has 2 rings (SSSR count). The van der Waals surface area contributed by atoms with Crippen molar-refractivity contribution in [3.63, 3.8) is 0 Å². The molecule has 94 valence electrons. The van der Waals surface area contributed by atoms with E-state index in [1.807, 2.05) is 0 Å². The lowest BCUT2D eigenvalue weighted by atomic mass is 9.86. The number of piperidine rings is 1. The Bertz CT molecular complexity index is 211. The van der Waals surface area contributed by atoms with Gasteiger partial charge in [0.1, 0.15) is 0 Å². The van der Waals surface area contributed by atoms with Crippen molar-refractivity contribution in [2.45, 2.75) is 52.0 Å². The Morgan fingerprint density at radius 1 is 1.12 bits per heavy atom. The second kappa shape index (κ2) is 5.50. The predicted molar refractivity (Wildman–Crippen MR) is 69.3 cm³/mol. The Hall–Kier alpha value is -0.0800. The van der Waals surface area contributed by atoms with Crippen molar-refractivity contribution in [1.29, 1.82) is 0 Å². The largest absolute Gasteiger partial charge is 0.329 e. The summed E-state index contributed by atoms with van der Waals surface area (Å²) in [5.74, 6) is 2.65. The fraction of sp³-hybridized carbons (Fsp3) is 1.00. The van der Waals surface area contributed by atoms with Crippen LogP contribution in [0.15, 0.2) is 0 Å². The summed E-state index contributed by atoms with van der Waals surface area (Å²) in [5, 5.41) is 0. The molecule has 0 aromatic heterocycles. The predicted octanol–water partition coefficient (Wildman–Crippen LogP) is 2.48. The molecule has 1 saturated heterocycles. The fourth-order valence-electron chi connectivity index (χ4n) is 3.58. The standard InChI is InChI=1S/C14H28N2/c1-11-7-8-16(10-12(11)2)14(9-15)13-5-3-4-6-13/h11-14H,3-10,15H2,1-2H3. The average Bonchev–Trinajstić information content (AvgIpc) is 2.78. The van der Waals surface area contributed by atoms with Gasteiger partial charge in [-0.05, 0) is 43.6 Å². The highest BCUT2D eigenvalue weighted by Gasteiger charge is 2.32. The minimum Gasteiger partial charge on any atom is -0.329 e. The zero-order valence-corrected chi connectivity index (χ0v) is 11.0. The molecular weight excluding hydrogens is 196 g/mol. The second-order valence-electron chi connectivity index (χ2n) is 6.09. The van der Waals surface area contributed by atoms with E-state index in [9.17, 15) is 0 Å². The molecule has 1 heterocycles. The molecule has 0 spiro atoms. The lowest BCUT2D eigenvalue weighted by Crippen LogP contribution is -2.50. The maximum Gasteiger partial charge on any atom is 0.0246 e. The van der Waals surface area contributed by atoms with Crippen LogP contribution in [0.25, 0.3) is 0 Å². The van der Waals surface area contributed by atoms with Gasteiger partial charge in [-0.2, -0.15) is 0 Å². The molecular formula is C14H28N2. The summed E-state index contributed by atoms with van der Waals surface area (Å²) in [6.07, 6.45) is 7.07. The Morgan fingerprint density at radius 2 is 1.81 bits per heavy atom. The lowest BCUT2D eigenvalue weighted by molar-refractivity contribution is 0.0708. The molecule has 0 amide bonds. The van der Waals surface area contributed by atoms with Gasteiger partial charge in [-0.25, -0.2) is 0 Å². The number of nitrogens with zero attached hydrogens (tertiary/aromatic N) is 1. The number of likely N-dealkylation sites (tertiary alicyclic amines) is 1. The Morgan fingerprint density at radius 3 is 2.38 bits per heavy atom. The van der Waals surface area contributed by atoms with Gasteiger partial charge >= 0.3 is 0 Å². The van der Waals surface area contributed by atoms with Crippen molar-refractivity contribution in [2.75, 3.05) is 19.6 Å². The summed E-state index contributed by atoms with van der Waals surface area (Å²) in [7, 11) is 0. The first-order chi connectivity index (χ1) is 7.72. The zero-order valence-electron chi connectivity index (χ0n) is 11.0. The van der Waals surface area contributed by atoms with Crippen LogP contribution in [-0.2, 0) is 0 Å². The van der Waals surface area contributed by atoms with E-state index in [1.165, 1.54) is 45.2 Å². The molecule has 2 N–H and O–H groups in total. The summed E-state index contributed by atoms with van der Waals surface area (Å²) in [6, 6.07) is 0.678. The number of rotatable bonds is 3. The third kappa shape index (κ3) is 2.60. The summed E-state index contributed by atoms with van der Waals surface area (Å²) in [6.45, 7) is 8.23. The molecule has 0 bridgehead atoms. The van der Waals surface area contributed by atoms with Crippen molar-refractivity contribution in [1.82, 2.24) is 4.90 Å². The first kappa shape index (κ1) is 12.4. The highest BCUT2D eigenvalue weighted by atomic mass is 15.2. The van der Waals surface area contributed by atoms with Crippen LogP contribution < -0.4 is 5.73 Å². The van der Waals surface area contributed by atoms with Gasteiger partial charge in [-0.1, -0.05) is 26.7 Å². The van der Waals surface area contributed by atoms with E-state index in [-0.39, 0.29) is 0 Å². The van der Waals surface area contributed by atoms with E-state index >= 15 is 0 Å². The number of nitrogens with two attached hydrogens (primary N) is 1. The van der Waals surface area contributed by atoms with Crippen molar-refractivity contribution >= 4 is 0 Å². The van der Waals surface area contributed by atoms with Gasteiger partial charge < -0.3 is 5.73 Å². The molecule has 2 nitrogen and oxygen atoms in total. The smallest absolute Gasteiger partial charge is 0.0246 e. The molecule has 2 aliphatic rings. The summed E-state index contributed by atoms with van der Waals surface area (Å²) < 4.78 is 0. The molecule has 0 aromatic rings. The van der Waals surface area contributed by atoms with Crippen molar-refractivity contribution in [3.8, 4) is 0 Å². The van der Waals surface area contributed by atoms with Crippen molar-refractivity contribution < 1.29 is 0 Å². The normalized spacial score (nSPS) is 35.4. The van der Waals surface area contributed by atoms with Crippen LogP contribution in [0.4, 0.5) is 0 Å². The summed E-state index contributed by atoms with van der Waals surface area (Å²) >= 11 is 0. The van der Waals surface area contributed by atoms with Gasteiger partial charge in [0.2, 0.25) is 0 Å². The highest BCUT2D eigenvalue weighted by Crippen LogP contribution is 2.32. The lowest BCUT2D eigenvalue weighted by Gasteiger charge is -2.42. The molecule has 3 atom stereocenters.